The second-order valence-electron chi connectivity index (χ2n) is 6.81. The highest BCUT2D eigenvalue weighted by molar-refractivity contribution is 5.77. The fraction of sp³-hybridized carbons (Fsp3) is 0.941. The van der Waals surface area contributed by atoms with Crippen LogP contribution in [0, 0.1) is 11.8 Å². The van der Waals surface area contributed by atoms with Gasteiger partial charge in [0.15, 0.2) is 0 Å². The van der Waals surface area contributed by atoms with Crippen LogP contribution in [-0.4, -0.2) is 31.7 Å². The van der Waals surface area contributed by atoms with Crippen LogP contribution in [0.3, 0.4) is 0 Å². The first-order chi connectivity index (χ1) is 10.3. The Morgan fingerprint density at radius 1 is 0.952 bits per heavy atom. The van der Waals surface area contributed by atoms with Crippen LogP contribution in [0.15, 0.2) is 0 Å². The molecular formula is C17H32N2O2. The van der Waals surface area contributed by atoms with E-state index in [-0.39, 0.29) is 12.5 Å². The van der Waals surface area contributed by atoms with Gasteiger partial charge in [-0.25, -0.2) is 0 Å². The zero-order valence-electron chi connectivity index (χ0n) is 13.3. The van der Waals surface area contributed by atoms with E-state index in [4.69, 9.17) is 10.5 Å². The zero-order chi connectivity index (χ0) is 14.9. The lowest BCUT2D eigenvalue weighted by molar-refractivity contribution is -0.127. The Labute approximate surface area is 129 Å². The van der Waals surface area contributed by atoms with Crippen molar-refractivity contribution in [2.24, 2.45) is 17.6 Å². The summed E-state index contributed by atoms with van der Waals surface area (Å²) in [6, 6.07) is 0.370. The molecule has 2 aliphatic carbocycles. The molecule has 0 aromatic heterocycles. The maximum absolute atomic E-state index is 12.0. The molecule has 0 spiro atoms. The first-order valence-electron chi connectivity index (χ1n) is 8.86. The molecule has 2 saturated carbocycles. The summed E-state index contributed by atoms with van der Waals surface area (Å²) in [5.74, 6) is 1.19. The third kappa shape index (κ3) is 5.95. The summed E-state index contributed by atoms with van der Waals surface area (Å²) in [4.78, 5) is 12.0. The van der Waals surface area contributed by atoms with E-state index in [9.17, 15) is 4.79 Å². The molecular weight excluding hydrogens is 264 g/mol. The maximum Gasteiger partial charge on any atom is 0.246 e. The largest absolute Gasteiger partial charge is 0.371 e. The van der Waals surface area contributed by atoms with Gasteiger partial charge in [0.05, 0.1) is 6.61 Å². The summed E-state index contributed by atoms with van der Waals surface area (Å²) in [7, 11) is 0. The van der Waals surface area contributed by atoms with Gasteiger partial charge in [0.2, 0.25) is 5.91 Å². The monoisotopic (exact) mass is 296 g/mol. The lowest BCUT2D eigenvalue weighted by Gasteiger charge is -2.30. The van der Waals surface area contributed by atoms with Crippen molar-refractivity contribution in [2.75, 3.05) is 19.8 Å². The number of hydrogen-bond acceptors (Lipinski definition) is 3. The van der Waals surface area contributed by atoms with E-state index in [0.29, 0.717) is 24.5 Å². The van der Waals surface area contributed by atoms with Crippen molar-refractivity contribution in [1.82, 2.24) is 5.32 Å². The number of rotatable bonds is 6. The summed E-state index contributed by atoms with van der Waals surface area (Å²) in [5.41, 5.74) is 5.83. The number of nitrogens with two attached hydrogens (primary N) is 1. The smallest absolute Gasteiger partial charge is 0.246 e. The summed E-state index contributed by atoms with van der Waals surface area (Å²) >= 11 is 0. The Balaban J connectivity index is 1.61. The van der Waals surface area contributed by atoms with E-state index >= 15 is 0 Å². The quantitative estimate of drug-likeness (QED) is 0.741. The Bertz CT molecular complexity index is 301. The Kier molecular flexibility index (Phi) is 7.51. The standard InChI is InChI=1S/C17H32N2O2/c18-11-14-7-5-6-8-15(14)12-21-13-17(20)19-16-9-3-1-2-4-10-16/h14-16H,1-13,18H2,(H,19,20). The highest BCUT2D eigenvalue weighted by Crippen LogP contribution is 2.29. The molecule has 0 aromatic rings. The van der Waals surface area contributed by atoms with Crippen molar-refractivity contribution < 1.29 is 9.53 Å². The van der Waals surface area contributed by atoms with Crippen LogP contribution in [0.2, 0.25) is 0 Å². The van der Waals surface area contributed by atoms with Gasteiger partial charge < -0.3 is 15.8 Å². The molecule has 2 atom stereocenters. The molecule has 122 valence electrons. The molecule has 0 heterocycles. The summed E-state index contributed by atoms with van der Waals surface area (Å²) < 4.78 is 5.67. The number of carbonyl (C=O) groups excluding carboxylic acids is 1. The first kappa shape index (κ1) is 16.8. The fourth-order valence-corrected chi connectivity index (χ4v) is 3.81. The fourth-order valence-electron chi connectivity index (χ4n) is 3.81. The second kappa shape index (κ2) is 9.42. The summed E-state index contributed by atoms with van der Waals surface area (Å²) in [5, 5.41) is 3.13. The normalized spacial score (nSPS) is 28.0. The third-order valence-corrected chi connectivity index (χ3v) is 5.15. The molecule has 2 aliphatic rings. The van der Waals surface area contributed by atoms with E-state index < -0.39 is 0 Å². The van der Waals surface area contributed by atoms with Crippen molar-refractivity contribution in [3.05, 3.63) is 0 Å². The van der Waals surface area contributed by atoms with Crippen LogP contribution in [0.1, 0.15) is 64.2 Å². The molecule has 0 bridgehead atoms. The van der Waals surface area contributed by atoms with Crippen LogP contribution >= 0.6 is 0 Å². The SMILES string of the molecule is NCC1CCCCC1COCC(=O)NC1CCCCCC1. The average molecular weight is 296 g/mol. The van der Waals surface area contributed by atoms with Crippen LogP contribution in [0.5, 0.6) is 0 Å². The van der Waals surface area contributed by atoms with Crippen LogP contribution in [0.4, 0.5) is 0 Å². The predicted molar refractivity (Wildman–Crippen MR) is 85.0 cm³/mol. The van der Waals surface area contributed by atoms with Crippen molar-refractivity contribution in [2.45, 2.75) is 70.3 Å². The Morgan fingerprint density at radius 3 is 2.24 bits per heavy atom. The van der Waals surface area contributed by atoms with Crippen LogP contribution < -0.4 is 11.1 Å². The molecule has 2 rings (SSSR count). The van der Waals surface area contributed by atoms with Crippen molar-refractivity contribution in [3.63, 3.8) is 0 Å². The van der Waals surface area contributed by atoms with E-state index in [1.165, 1.54) is 51.4 Å². The molecule has 1 amide bonds. The van der Waals surface area contributed by atoms with Gasteiger partial charge in [-0.1, -0.05) is 38.5 Å². The summed E-state index contributed by atoms with van der Waals surface area (Å²) in [6.45, 7) is 1.66. The van der Waals surface area contributed by atoms with Gasteiger partial charge in [0.1, 0.15) is 6.61 Å². The topological polar surface area (TPSA) is 64.3 Å². The number of ether oxygens (including phenoxy) is 1. The van der Waals surface area contributed by atoms with Gasteiger partial charge in [-0.3, -0.25) is 4.79 Å². The molecule has 0 aliphatic heterocycles. The predicted octanol–water partition coefficient (Wildman–Crippen LogP) is 2.61. The van der Waals surface area contributed by atoms with Crippen molar-refractivity contribution >= 4 is 5.91 Å². The van der Waals surface area contributed by atoms with E-state index in [1.807, 2.05) is 0 Å². The highest BCUT2D eigenvalue weighted by Gasteiger charge is 2.24. The number of nitrogens with one attached hydrogen (secondary N) is 1. The lowest BCUT2D eigenvalue weighted by Crippen LogP contribution is -2.37. The Hall–Kier alpha value is -0.610. The second-order valence-corrected chi connectivity index (χ2v) is 6.81. The van der Waals surface area contributed by atoms with Gasteiger partial charge in [0, 0.05) is 6.04 Å². The van der Waals surface area contributed by atoms with Crippen molar-refractivity contribution in [3.8, 4) is 0 Å². The van der Waals surface area contributed by atoms with Crippen molar-refractivity contribution in [1.29, 1.82) is 0 Å². The molecule has 4 nitrogen and oxygen atoms in total. The van der Waals surface area contributed by atoms with E-state index in [2.05, 4.69) is 5.32 Å². The highest BCUT2D eigenvalue weighted by atomic mass is 16.5. The average Bonchev–Trinajstić information content (AvgIpc) is 2.76. The molecule has 0 aromatic carbocycles. The van der Waals surface area contributed by atoms with Gasteiger partial charge >= 0.3 is 0 Å². The minimum absolute atomic E-state index is 0.0574. The minimum Gasteiger partial charge on any atom is -0.371 e. The zero-order valence-corrected chi connectivity index (χ0v) is 13.3. The Morgan fingerprint density at radius 2 is 1.57 bits per heavy atom. The first-order valence-corrected chi connectivity index (χ1v) is 8.86. The molecule has 21 heavy (non-hydrogen) atoms. The van der Waals surface area contributed by atoms with E-state index in [1.54, 1.807) is 0 Å². The van der Waals surface area contributed by atoms with Gasteiger partial charge in [-0.15, -0.1) is 0 Å². The lowest BCUT2D eigenvalue weighted by atomic mass is 9.80. The molecule has 4 heteroatoms. The van der Waals surface area contributed by atoms with E-state index in [0.717, 1.165) is 19.4 Å². The maximum atomic E-state index is 12.0. The van der Waals surface area contributed by atoms with Crippen LogP contribution in [0.25, 0.3) is 0 Å². The van der Waals surface area contributed by atoms with Gasteiger partial charge in [-0.2, -0.15) is 0 Å². The number of hydrogen-bond donors (Lipinski definition) is 2. The van der Waals surface area contributed by atoms with Crippen LogP contribution in [-0.2, 0) is 9.53 Å². The molecule has 0 saturated heterocycles. The molecule has 3 N–H and O–H groups in total. The number of carbonyl (C=O) groups is 1. The number of amides is 1. The summed E-state index contributed by atoms with van der Waals surface area (Å²) in [6.07, 6.45) is 12.4. The molecule has 2 fully saturated rings. The minimum atomic E-state index is 0.0574. The molecule has 2 unspecified atom stereocenters. The van der Waals surface area contributed by atoms with Gasteiger partial charge in [0.25, 0.3) is 0 Å². The van der Waals surface area contributed by atoms with Gasteiger partial charge in [-0.05, 0) is 44.1 Å². The third-order valence-electron chi connectivity index (χ3n) is 5.15. The molecule has 0 radical (unpaired) electrons.